The Labute approximate surface area is 147 Å². The molecule has 0 heterocycles. The van der Waals surface area contributed by atoms with E-state index in [2.05, 4.69) is 0 Å². The molecule has 2 heteroatoms. The van der Waals surface area contributed by atoms with Gasteiger partial charge in [0.2, 0.25) is 0 Å². The predicted molar refractivity (Wildman–Crippen MR) is 96.0 cm³/mol. The summed E-state index contributed by atoms with van der Waals surface area (Å²) >= 11 is 0. The number of aliphatic carboxylic acids is 1. The van der Waals surface area contributed by atoms with E-state index < -0.39 is 5.97 Å². The minimum Gasteiger partial charge on any atom is -0.481 e. The fourth-order valence-corrected chi connectivity index (χ4v) is 1.48. The maximum absolute atomic E-state index is 10.5. The van der Waals surface area contributed by atoms with Crippen molar-refractivity contribution in [1.82, 2.24) is 0 Å². The maximum Gasteiger partial charge on any atom is 0.303 e. The lowest BCUT2D eigenvalue weighted by Gasteiger charge is -1.90. The van der Waals surface area contributed by atoms with Crippen LogP contribution in [0.15, 0.2) is 48.4 Å². The van der Waals surface area contributed by atoms with E-state index in [0.717, 1.165) is 19.3 Å². The number of carbonyl (C=O) groups is 1. The van der Waals surface area contributed by atoms with Crippen LogP contribution in [0.4, 0.5) is 0 Å². The summed E-state index contributed by atoms with van der Waals surface area (Å²) in [5, 5.41) is 8.60. The van der Waals surface area contributed by atoms with Crippen LogP contribution in [0.5, 0.6) is 0 Å². The van der Waals surface area contributed by atoms with Crippen LogP contribution in [-0.4, -0.2) is 11.1 Å². The molecule has 22 heavy (non-hydrogen) atoms. The minimum atomic E-state index is -0.978. The highest BCUT2D eigenvalue weighted by atomic mass is 16.4. The Morgan fingerprint density at radius 2 is 1.27 bits per heavy atom. The molecular formula is C20H32O2. The van der Waals surface area contributed by atoms with Gasteiger partial charge in [0.15, 0.2) is 0 Å². The van der Waals surface area contributed by atoms with Gasteiger partial charge >= 0.3 is 5.97 Å². The highest BCUT2D eigenvalue weighted by Crippen LogP contribution is 2.01. The normalized spacial score (nSPS) is 21.1. The molecule has 0 aliphatic carbocycles. The van der Waals surface area contributed by atoms with Crippen molar-refractivity contribution in [3.05, 3.63) is 48.4 Å². The van der Waals surface area contributed by atoms with Gasteiger partial charge < -0.3 is 5.11 Å². The molecule has 2 nitrogen and oxygen atoms in total. The number of unbranched alkanes of at least 4 members (excludes halogenated alkanes) is 2. The maximum atomic E-state index is 10.5. The first-order valence-electron chi connectivity index (χ1n) is 11.8. The van der Waals surface area contributed by atoms with Crippen molar-refractivity contribution in [3.8, 4) is 0 Å². The molecular weight excluding hydrogens is 272 g/mol. The molecule has 0 bridgehead atoms. The molecule has 0 spiro atoms. The SMILES string of the molecule is [2H]/C(CCCC(=O)O)=C(\[2H])C/C([2H])=C(/[2H])C/C([2H])=C(\[2H])C/C([2H])=C(/[2H])CCCCC. The van der Waals surface area contributed by atoms with Crippen LogP contribution in [0, 0.1) is 0 Å². The average Bonchev–Trinajstić information content (AvgIpc) is 2.67. The largest absolute Gasteiger partial charge is 0.481 e. The van der Waals surface area contributed by atoms with E-state index in [1.165, 1.54) is 0 Å². The van der Waals surface area contributed by atoms with E-state index in [1.807, 2.05) is 6.92 Å². The van der Waals surface area contributed by atoms with Gasteiger partial charge in [-0.05, 0) is 44.9 Å². The molecule has 0 radical (unpaired) electrons. The molecule has 0 aliphatic rings. The molecule has 0 aliphatic heterocycles. The Balaban J connectivity index is 5.00. The van der Waals surface area contributed by atoms with Gasteiger partial charge in [0, 0.05) is 6.42 Å². The topological polar surface area (TPSA) is 37.3 Å². The van der Waals surface area contributed by atoms with Gasteiger partial charge in [0.1, 0.15) is 0 Å². The van der Waals surface area contributed by atoms with Crippen molar-refractivity contribution in [1.29, 1.82) is 0 Å². The zero-order valence-electron chi connectivity index (χ0n) is 21.4. The number of rotatable bonds is 14. The van der Waals surface area contributed by atoms with E-state index in [4.69, 9.17) is 16.1 Å². The lowest BCUT2D eigenvalue weighted by molar-refractivity contribution is -0.137. The fraction of sp³-hybridized carbons (Fsp3) is 0.550. The molecule has 0 saturated carbocycles. The van der Waals surface area contributed by atoms with Crippen LogP contribution in [0.25, 0.3) is 0 Å². The Kier molecular flexibility index (Phi) is 8.15. The summed E-state index contributed by atoms with van der Waals surface area (Å²) < 4.78 is 63.0. The third kappa shape index (κ3) is 18.4. The fourth-order valence-electron chi connectivity index (χ4n) is 1.48. The Morgan fingerprint density at radius 3 is 1.73 bits per heavy atom. The average molecular weight is 313 g/mol. The molecule has 0 aromatic heterocycles. The van der Waals surface area contributed by atoms with Crippen molar-refractivity contribution < 1.29 is 20.9 Å². The second-order valence-corrected chi connectivity index (χ2v) is 4.65. The summed E-state index contributed by atoms with van der Waals surface area (Å²) in [7, 11) is 0. The Morgan fingerprint density at radius 1 is 0.818 bits per heavy atom. The van der Waals surface area contributed by atoms with Gasteiger partial charge in [-0.3, -0.25) is 4.79 Å². The van der Waals surface area contributed by atoms with Gasteiger partial charge in [0.05, 0.1) is 11.0 Å². The summed E-state index contributed by atoms with van der Waals surface area (Å²) in [6.45, 7) is 2.04. The van der Waals surface area contributed by atoms with E-state index in [1.54, 1.807) is 0 Å². The molecule has 0 unspecified atom stereocenters. The highest BCUT2D eigenvalue weighted by Gasteiger charge is 1.92. The smallest absolute Gasteiger partial charge is 0.303 e. The van der Waals surface area contributed by atoms with Gasteiger partial charge in [-0.1, -0.05) is 68.2 Å². The first-order valence-corrected chi connectivity index (χ1v) is 7.82. The summed E-state index contributed by atoms with van der Waals surface area (Å²) in [6, 6.07) is -0.961. The van der Waals surface area contributed by atoms with Crippen molar-refractivity contribution in [3.63, 3.8) is 0 Å². The summed E-state index contributed by atoms with van der Waals surface area (Å²) in [5.41, 5.74) is 0. The van der Waals surface area contributed by atoms with Crippen molar-refractivity contribution in [2.45, 2.75) is 71.1 Å². The van der Waals surface area contributed by atoms with Crippen LogP contribution in [0.1, 0.15) is 82.1 Å². The summed E-state index contributed by atoms with van der Waals surface area (Å²) in [4.78, 5) is 10.5. The minimum absolute atomic E-state index is 0.0148. The van der Waals surface area contributed by atoms with Crippen LogP contribution in [0.2, 0.25) is 0 Å². The summed E-state index contributed by atoms with van der Waals surface area (Å²) in [6.07, 6.45) is 2.78. The van der Waals surface area contributed by atoms with Gasteiger partial charge in [-0.2, -0.15) is 0 Å². The number of carboxylic acids is 1. The highest BCUT2D eigenvalue weighted by molar-refractivity contribution is 5.66. The molecule has 0 rings (SSSR count). The molecule has 0 saturated heterocycles. The van der Waals surface area contributed by atoms with Gasteiger partial charge in [0.25, 0.3) is 0 Å². The Bertz CT molecular complexity index is 708. The molecule has 0 fully saturated rings. The quantitative estimate of drug-likeness (QED) is 0.305. The second kappa shape index (κ2) is 17.5. The number of carboxylic acid groups (broad SMARTS) is 1. The van der Waals surface area contributed by atoms with Crippen LogP contribution in [0.3, 0.4) is 0 Å². The molecule has 124 valence electrons. The predicted octanol–water partition coefficient (Wildman–Crippen LogP) is 6.22. The van der Waals surface area contributed by atoms with Crippen molar-refractivity contribution in [2.75, 3.05) is 0 Å². The molecule has 0 amide bonds. The van der Waals surface area contributed by atoms with Crippen LogP contribution < -0.4 is 0 Å². The second-order valence-electron chi connectivity index (χ2n) is 4.65. The zero-order chi connectivity index (χ0) is 23.3. The number of hydrogen-bond donors (Lipinski definition) is 1. The molecule has 1 N–H and O–H groups in total. The standard InChI is InChI=1S/C20H32O2/c1-2-3-4-5-6-7-8-9-10-11-12-13-14-15-16-17-18-19-20(21)22/h6-7,9-10,12-13,15-16H,2-5,8,11,14,17-19H2,1H3,(H,21,22)/b7-6-,10-9+,13-12-,16-15-/i6D,7D,9D,10D,12D,13D,15D,16D. The van der Waals surface area contributed by atoms with E-state index in [9.17, 15) is 4.79 Å². The monoisotopic (exact) mass is 312 g/mol. The van der Waals surface area contributed by atoms with Crippen LogP contribution in [-0.2, 0) is 4.79 Å². The zero-order valence-corrected chi connectivity index (χ0v) is 13.4. The van der Waals surface area contributed by atoms with Crippen molar-refractivity contribution >= 4 is 5.97 Å². The molecule has 0 aromatic rings. The Hall–Kier alpha value is -1.57. The lowest BCUT2D eigenvalue weighted by Crippen LogP contribution is -1.92. The first kappa shape index (κ1) is 10.3. The number of hydrogen-bond acceptors (Lipinski definition) is 1. The van der Waals surface area contributed by atoms with Crippen molar-refractivity contribution in [2.24, 2.45) is 0 Å². The van der Waals surface area contributed by atoms with E-state index >= 15 is 0 Å². The van der Waals surface area contributed by atoms with E-state index in [-0.39, 0.29) is 86.9 Å². The third-order valence-electron chi connectivity index (χ3n) is 2.63. The molecule has 0 aromatic carbocycles. The van der Waals surface area contributed by atoms with Crippen LogP contribution >= 0.6 is 0 Å². The summed E-state index contributed by atoms with van der Waals surface area (Å²) in [5.74, 6) is -0.978. The van der Waals surface area contributed by atoms with E-state index in [0.29, 0.717) is 6.42 Å². The van der Waals surface area contributed by atoms with Gasteiger partial charge in [-0.15, -0.1) is 0 Å². The molecule has 0 atom stereocenters. The number of allylic oxidation sites excluding steroid dienone is 8. The lowest BCUT2D eigenvalue weighted by atomic mass is 10.2. The first-order chi connectivity index (χ1) is 14.0. The van der Waals surface area contributed by atoms with Gasteiger partial charge in [-0.25, -0.2) is 0 Å². The third-order valence-corrected chi connectivity index (χ3v) is 2.63.